The summed E-state index contributed by atoms with van der Waals surface area (Å²) >= 11 is 0. The monoisotopic (exact) mass is 457 g/mol. The van der Waals surface area contributed by atoms with Crippen molar-refractivity contribution in [2.75, 3.05) is 46.2 Å². The molecule has 3 atom stereocenters. The number of hydrogen-bond donors (Lipinski definition) is 1. The number of amides is 2. The molecule has 1 aliphatic heterocycles. The van der Waals surface area contributed by atoms with Gasteiger partial charge in [-0.15, -0.1) is 0 Å². The van der Waals surface area contributed by atoms with Crippen molar-refractivity contribution in [1.29, 1.82) is 0 Å². The summed E-state index contributed by atoms with van der Waals surface area (Å²) < 4.78 is 25.7. The molecule has 3 rings (SSSR count). The molecule has 2 aromatic carbocycles. The Kier molecular flexibility index (Phi) is 8.05. The van der Waals surface area contributed by atoms with Gasteiger partial charge in [0, 0.05) is 45.0 Å². The zero-order valence-corrected chi connectivity index (χ0v) is 19.8. The summed E-state index contributed by atoms with van der Waals surface area (Å²) in [7, 11) is 5.43. The number of rotatable bonds is 3. The number of halogens is 1. The van der Waals surface area contributed by atoms with Gasteiger partial charge in [0.05, 0.1) is 17.2 Å². The van der Waals surface area contributed by atoms with E-state index in [0.29, 0.717) is 30.2 Å². The maximum atomic E-state index is 14.0. The number of methoxy groups -OCH3 is 1. The van der Waals surface area contributed by atoms with Crippen LogP contribution < -0.4 is 10.1 Å². The first-order valence-corrected chi connectivity index (χ1v) is 11.0. The van der Waals surface area contributed by atoms with Gasteiger partial charge in [-0.1, -0.05) is 19.1 Å². The Morgan fingerprint density at radius 2 is 1.88 bits per heavy atom. The van der Waals surface area contributed by atoms with Crippen molar-refractivity contribution >= 4 is 17.5 Å². The van der Waals surface area contributed by atoms with Crippen LogP contribution in [0.4, 0.5) is 10.1 Å². The highest BCUT2D eigenvalue weighted by Gasteiger charge is 2.27. The van der Waals surface area contributed by atoms with E-state index in [2.05, 4.69) is 24.1 Å². The minimum Gasteiger partial charge on any atom is -0.491 e. The third-order valence-corrected chi connectivity index (χ3v) is 6.13. The molecule has 0 aliphatic carbocycles. The number of nitrogens with one attached hydrogen (secondary N) is 1. The number of anilines is 1. The van der Waals surface area contributed by atoms with Crippen LogP contribution in [0.2, 0.25) is 0 Å². The van der Waals surface area contributed by atoms with Crippen molar-refractivity contribution in [3.63, 3.8) is 0 Å². The van der Waals surface area contributed by atoms with Gasteiger partial charge in [-0.25, -0.2) is 4.39 Å². The molecule has 1 heterocycles. The number of carbonyl (C=O) groups is 2. The summed E-state index contributed by atoms with van der Waals surface area (Å²) in [6.45, 7) is 5.74. The SMILES string of the molecule is CO[C@@H]1CN(C)C(=O)c2ccc(NC(=O)c3ccccc3F)cc2OC[C@H](C)N(C)C[C@H]1C. The van der Waals surface area contributed by atoms with Crippen LogP contribution in [-0.2, 0) is 4.74 Å². The van der Waals surface area contributed by atoms with Crippen molar-refractivity contribution in [2.45, 2.75) is 26.0 Å². The maximum absolute atomic E-state index is 14.0. The number of benzene rings is 2. The fourth-order valence-electron chi connectivity index (χ4n) is 3.87. The van der Waals surface area contributed by atoms with Crippen molar-refractivity contribution < 1.29 is 23.5 Å². The quantitative estimate of drug-likeness (QED) is 0.764. The number of carbonyl (C=O) groups excluding carboxylic acids is 2. The lowest BCUT2D eigenvalue weighted by Gasteiger charge is -2.34. The van der Waals surface area contributed by atoms with Gasteiger partial charge in [0.25, 0.3) is 11.8 Å². The molecular formula is C25H32FN3O4. The van der Waals surface area contributed by atoms with E-state index in [1.54, 1.807) is 43.3 Å². The van der Waals surface area contributed by atoms with Crippen molar-refractivity contribution in [1.82, 2.24) is 9.80 Å². The molecule has 33 heavy (non-hydrogen) atoms. The van der Waals surface area contributed by atoms with E-state index in [9.17, 15) is 14.0 Å². The van der Waals surface area contributed by atoms with E-state index < -0.39 is 11.7 Å². The zero-order valence-electron chi connectivity index (χ0n) is 19.8. The van der Waals surface area contributed by atoms with E-state index in [1.165, 1.54) is 18.2 Å². The van der Waals surface area contributed by atoms with Crippen LogP contribution in [0.1, 0.15) is 34.6 Å². The summed E-state index contributed by atoms with van der Waals surface area (Å²) in [5.74, 6) is -0.802. The van der Waals surface area contributed by atoms with Gasteiger partial charge in [-0.05, 0) is 44.2 Å². The normalized spacial score (nSPS) is 22.5. The Bertz CT molecular complexity index is 999. The van der Waals surface area contributed by atoms with Crippen LogP contribution in [0.3, 0.4) is 0 Å². The topological polar surface area (TPSA) is 71.1 Å². The van der Waals surface area contributed by atoms with E-state index in [0.717, 1.165) is 6.54 Å². The molecule has 8 heteroatoms. The lowest BCUT2D eigenvalue weighted by Crippen LogP contribution is -2.45. The summed E-state index contributed by atoms with van der Waals surface area (Å²) in [5.41, 5.74) is 0.741. The highest BCUT2D eigenvalue weighted by molar-refractivity contribution is 6.05. The van der Waals surface area contributed by atoms with Gasteiger partial charge >= 0.3 is 0 Å². The molecule has 1 aliphatic rings. The van der Waals surface area contributed by atoms with Crippen LogP contribution in [0.15, 0.2) is 42.5 Å². The number of ether oxygens (including phenoxy) is 2. The first kappa shape index (κ1) is 24.7. The Labute approximate surface area is 194 Å². The molecule has 0 spiro atoms. The first-order valence-electron chi connectivity index (χ1n) is 11.0. The van der Waals surface area contributed by atoms with Gasteiger partial charge in [0.2, 0.25) is 0 Å². The smallest absolute Gasteiger partial charge is 0.258 e. The summed E-state index contributed by atoms with van der Waals surface area (Å²) in [4.78, 5) is 29.6. The Balaban J connectivity index is 1.91. The third-order valence-electron chi connectivity index (χ3n) is 6.13. The molecule has 2 amide bonds. The minimum absolute atomic E-state index is 0.0584. The molecule has 0 saturated carbocycles. The molecule has 0 bridgehead atoms. The second kappa shape index (κ2) is 10.8. The van der Waals surface area contributed by atoms with Gasteiger partial charge in [0.1, 0.15) is 18.2 Å². The third kappa shape index (κ3) is 5.89. The molecule has 1 N–H and O–H groups in total. The largest absolute Gasteiger partial charge is 0.491 e. The molecular weight excluding hydrogens is 425 g/mol. The fraction of sp³-hybridized carbons (Fsp3) is 0.440. The Morgan fingerprint density at radius 1 is 1.15 bits per heavy atom. The molecule has 178 valence electrons. The zero-order chi connectivity index (χ0) is 24.1. The standard InChI is InChI=1S/C25H32FN3O4/c1-16-13-28(3)17(2)15-33-22-12-18(27-24(30)19-8-6-7-9-21(19)26)10-11-20(22)25(31)29(4)14-23(16)32-5/h6-12,16-17,23H,13-15H2,1-5H3,(H,27,30)/t16-,17+,23-/m1/s1. The number of likely N-dealkylation sites (N-methyl/N-ethyl adjacent to an activating group) is 2. The lowest BCUT2D eigenvalue weighted by molar-refractivity contribution is 0.0150. The predicted octanol–water partition coefficient (Wildman–Crippen LogP) is 3.51. The second-order valence-electron chi connectivity index (χ2n) is 8.68. The highest BCUT2D eigenvalue weighted by Crippen LogP contribution is 2.27. The van der Waals surface area contributed by atoms with Crippen molar-refractivity contribution in [3.8, 4) is 5.75 Å². The van der Waals surface area contributed by atoms with Gasteiger partial charge in [0.15, 0.2) is 0 Å². The number of nitrogens with zero attached hydrogens (tertiary/aromatic N) is 2. The minimum atomic E-state index is -0.604. The van der Waals surface area contributed by atoms with Crippen LogP contribution in [0.5, 0.6) is 5.75 Å². The molecule has 0 unspecified atom stereocenters. The number of fused-ring (bicyclic) bond motifs is 1. The van der Waals surface area contributed by atoms with Gasteiger partial charge < -0.3 is 19.7 Å². The lowest BCUT2D eigenvalue weighted by atomic mass is 10.0. The summed E-state index contributed by atoms with van der Waals surface area (Å²) in [5, 5.41) is 2.69. The van der Waals surface area contributed by atoms with E-state index in [1.807, 2.05) is 7.05 Å². The van der Waals surface area contributed by atoms with Crippen LogP contribution in [-0.4, -0.2) is 74.7 Å². The molecule has 0 fully saturated rings. The summed E-state index contributed by atoms with van der Waals surface area (Å²) in [6.07, 6.45) is -0.114. The average Bonchev–Trinajstić information content (AvgIpc) is 2.79. The molecule has 0 saturated heterocycles. The van der Waals surface area contributed by atoms with Gasteiger partial charge in [-0.2, -0.15) is 0 Å². The molecule has 0 aromatic heterocycles. The fourth-order valence-corrected chi connectivity index (χ4v) is 3.87. The molecule has 2 aromatic rings. The summed E-state index contributed by atoms with van der Waals surface area (Å²) in [6, 6.07) is 10.7. The van der Waals surface area contributed by atoms with E-state index in [-0.39, 0.29) is 29.5 Å². The van der Waals surface area contributed by atoms with Gasteiger partial charge in [-0.3, -0.25) is 14.5 Å². The van der Waals surface area contributed by atoms with Crippen molar-refractivity contribution in [2.24, 2.45) is 5.92 Å². The Morgan fingerprint density at radius 3 is 2.58 bits per heavy atom. The second-order valence-corrected chi connectivity index (χ2v) is 8.68. The molecule has 0 radical (unpaired) electrons. The average molecular weight is 458 g/mol. The first-order chi connectivity index (χ1) is 15.7. The highest BCUT2D eigenvalue weighted by atomic mass is 19.1. The van der Waals surface area contributed by atoms with Crippen LogP contribution >= 0.6 is 0 Å². The maximum Gasteiger partial charge on any atom is 0.258 e. The van der Waals surface area contributed by atoms with E-state index in [4.69, 9.17) is 9.47 Å². The predicted molar refractivity (Wildman–Crippen MR) is 125 cm³/mol. The van der Waals surface area contributed by atoms with Crippen LogP contribution in [0, 0.1) is 11.7 Å². The number of hydrogen-bond acceptors (Lipinski definition) is 5. The Hall–Kier alpha value is -2.97. The van der Waals surface area contributed by atoms with Crippen LogP contribution in [0.25, 0.3) is 0 Å². The van der Waals surface area contributed by atoms with E-state index >= 15 is 0 Å². The molecule has 7 nitrogen and oxygen atoms in total. The van der Waals surface area contributed by atoms with Crippen molar-refractivity contribution in [3.05, 3.63) is 59.4 Å².